The lowest BCUT2D eigenvalue weighted by atomic mass is 10.2. The number of ether oxygens (including phenoxy) is 1. The van der Waals surface area contributed by atoms with E-state index in [1.54, 1.807) is 0 Å². The Kier molecular flexibility index (Phi) is 2.44. The summed E-state index contributed by atoms with van der Waals surface area (Å²) in [4.78, 5) is 3.30. The number of benzene rings is 1. The minimum atomic E-state index is 0.781. The van der Waals surface area contributed by atoms with Gasteiger partial charge in [-0.25, -0.2) is 0 Å². The average Bonchev–Trinajstić information content (AvgIpc) is 2.55. The lowest BCUT2D eigenvalue weighted by molar-refractivity contribution is 0.321. The van der Waals surface area contributed by atoms with Gasteiger partial charge in [0.25, 0.3) is 0 Å². The Hall–Kier alpha value is -1.44. The summed E-state index contributed by atoms with van der Waals surface area (Å²) in [5, 5.41) is 1.18. The van der Waals surface area contributed by atoms with Crippen LogP contribution in [0.25, 0.3) is 10.9 Å². The van der Waals surface area contributed by atoms with Gasteiger partial charge in [-0.05, 0) is 31.5 Å². The second kappa shape index (κ2) is 3.74. The first-order chi connectivity index (χ1) is 6.81. The highest BCUT2D eigenvalue weighted by atomic mass is 16.5. The molecule has 0 aliphatic heterocycles. The number of aromatic amines is 1. The Morgan fingerprint density at radius 2 is 2.21 bits per heavy atom. The van der Waals surface area contributed by atoms with Crippen LogP contribution in [-0.2, 0) is 0 Å². The van der Waals surface area contributed by atoms with Gasteiger partial charge in [0, 0.05) is 16.6 Å². The van der Waals surface area contributed by atoms with Crippen molar-refractivity contribution in [3.8, 4) is 5.75 Å². The summed E-state index contributed by atoms with van der Waals surface area (Å²) in [5.74, 6) is 0.980. The van der Waals surface area contributed by atoms with Gasteiger partial charge in [-0.15, -0.1) is 0 Å². The van der Waals surface area contributed by atoms with Crippen molar-refractivity contribution in [3.05, 3.63) is 30.0 Å². The molecule has 0 unspecified atom stereocenters. The fourth-order valence-corrected chi connectivity index (χ4v) is 1.60. The van der Waals surface area contributed by atoms with Crippen LogP contribution >= 0.6 is 0 Å². The Balaban J connectivity index is 2.42. The number of hydrogen-bond donors (Lipinski definition) is 1. The minimum absolute atomic E-state index is 0.781. The fraction of sp³-hybridized carbons (Fsp3) is 0.333. The molecular weight excluding hydrogens is 174 g/mol. The van der Waals surface area contributed by atoms with Gasteiger partial charge in [0.2, 0.25) is 0 Å². The quantitative estimate of drug-likeness (QED) is 0.787. The summed E-state index contributed by atoms with van der Waals surface area (Å²) in [6.07, 6.45) is 1.04. The minimum Gasteiger partial charge on any atom is -0.493 e. The van der Waals surface area contributed by atoms with Crippen molar-refractivity contribution in [1.82, 2.24) is 4.98 Å². The number of fused-ring (bicyclic) bond motifs is 1. The van der Waals surface area contributed by atoms with E-state index in [-0.39, 0.29) is 0 Å². The third-order valence-electron chi connectivity index (χ3n) is 2.22. The maximum atomic E-state index is 5.66. The molecule has 0 aliphatic carbocycles. The zero-order valence-corrected chi connectivity index (χ0v) is 8.63. The second-order valence-corrected chi connectivity index (χ2v) is 3.52. The van der Waals surface area contributed by atoms with E-state index in [9.17, 15) is 0 Å². The number of nitrogens with one attached hydrogen (secondary N) is 1. The average molecular weight is 189 g/mol. The van der Waals surface area contributed by atoms with E-state index in [0.29, 0.717) is 0 Å². The first-order valence-electron chi connectivity index (χ1n) is 5.02. The maximum absolute atomic E-state index is 5.66. The molecule has 1 N–H and O–H groups in total. The first-order valence-corrected chi connectivity index (χ1v) is 5.02. The molecule has 0 radical (unpaired) electrons. The third kappa shape index (κ3) is 1.60. The monoisotopic (exact) mass is 189 g/mol. The summed E-state index contributed by atoms with van der Waals surface area (Å²) < 4.78 is 5.66. The van der Waals surface area contributed by atoms with Crippen LogP contribution in [0.15, 0.2) is 24.3 Å². The van der Waals surface area contributed by atoms with Crippen molar-refractivity contribution in [3.63, 3.8) is 0 Å². The van der Waals surface area contributed by atoms with Crippen LogP contribution < -0.4 is 4.74 Å². The van der Waals surface area contributed by atoms with Crippen LogP contribution in [0.5, 0.6) is 5.75 Å². The van der Waals surface area contributed by atoms with Crippen molar-refractivity contribution in [2.24, 2.45) is 0 Å². The SMILES string of the molecule is CCCOc1cccc2[nH]c(C)cc12. The fourth-order valence-electron chi connectivity index (χ4n) is 1.60. The van der Waals surface area contributed by atoms with Crippen LogP contribution in [0.3, 0.4) is 0 Å². The van der Waals surface area contributed by atoms with Crippen LogP contribution in [0.1, 0.15) is 19.0 Å². The highest BCUT2D eigenvalue weighted by Crippen LogP contribution is 2.26. The number of rotatable bonds is 3. The van der Waals surface area contributed by atoms with Crippen molar-refractivity contribution < 1.29 is 4.74 Å². The van der Waals surface area contributed by atoms with Gasteiger partial charge in [0.05, 0.1) is 6.61 Å². The van der Waals surface area contributed by atoms with Gasteiger partial charge in [-0.3, -0.25) is 0 Å². The third-order valence-corrected chi connectivity index (χ3v) is 2.22. The van der Waals surface area contributed by atoms with Crippen LogP contribution in [0.4, 0.5) is 0 Å². The molecular formula is C12H15NO. The van der Waals surface area contributed by atoms with Crippen molar-refractivity contribution in [2.75, 3.05) is 6.61 Å². The summed E-state index contributed by atoms with van der Waals surface area (Å²) >= 11 is 0. The zero-order chi connectivity index (χ0) is 9.97. The molecule has 2 nitrogen and oxygen atoms in total. The van der Waals surface area contributed by atoms with E-state index in [0.717, 1.165) is 24.3 Å². The highest BCUT2D eigenvalue weighted by molar-refractivity contribution is 5.86. The zero-order valence-electron chi connectivity index (χ0n) is 8.63. The Morgan fingerprint density at radius 1 is 1.36 bits per heavy atom. The van der Waals surface area contributed by atoms with Gasteiger partial charge in [-0.1, -0.05) is 13.0 Å². The lowest BCUT2D eigenvalue weighted by Crippen LogP contribution is -1.94. The molecule has 0 saturated carbocycles. The van der Waals surface area contributed by atoms with Gasteiger partial charge < -0.3 is 9.72 Å². The molecule has 0 spiro atoms. The normalized spacial score (nSPS) is 10.7. The van der Waals surface area contributed by atoms with Gasteiger partial charge >= 0.3 is 0 Å². The summed E-state index contributed by atoms with van der Waals surface area (Å²) in [7, 11) is 0. The highest BCUT2D eigenvalue weighted by Gasteiger charge is 2.03. The van der Waals surface area contributed by atoms with Gasteiger partial charge in [0.15, 0.2) is 0 Å². The van der Waals surface area contributed by atoms with E-state index >= 15 is 0 Å². The number of aromatic nitrogens is 1. The molecule has 0 fully saturated rings. The number of H-pyrrole nitrogens is 1. The molecule has 0 atom stereocenters. The predicted molar refractivity (Wildman–Crippen MR) is 58.8 cm³/mol. The summed E-state index contributed by atoms with van der Waals surface area (Å²) in [6.45, 7) is 4.95. The molecule has 2 heteroatoms. The van der Waals surface area contributed by atoms with Crippen molar-refractivity contribution in [1.29, 1.82) is 0 Å². The second-order valence-electron chi connectivity index (χ2n) is 3.52. The van der Waals surface area contributed by atoms with E-state index < -0.39 is 0 Å². The predicted octanol–water partition coefficient (Wildman–Crippen LogP) is 3.27. The largest absolute Gasteiger partial charge is 0.493 e. The molecule has 14 heavy (non-hydrogen) atoms. The number of aryl methyl sites for hydroxylation is 1. The van der Waals surface area contributed by atoms with Crippen LogP contribution in [0, 0.1) is 6.92 Å². The molecule has 1 aromatic carbocycles. The molecule has 0 bridgehead atoms. The summed E-state index contributed by atoms with van der Waals surface area (Å²) in [6, 6.07) is 8.23. The molecule has 2 aromatic rings. The molecule has 1 heterocycles. The van der Waals surface area contributed by atoms with Gasteiger partial charge in [0.1, 0.15) is 5.75 Å². The Labute approximate surface area is 83.9 Å². The smallest absolute Gasteiger partial charge is 0.128 e. The number of hydrogen-bond acceptors (Lipinski definition) is 1. The lowest BCUT2D eigenvalue weighted by Gasteiger charge is -2.04. The van der Waals surface area contributed by atoms with E-state index in [1.807, 2.05) is 12.1 Å². The molecule has 1 aromatic heterocycles. The molecule has 74 valence electrons. The maximum Gasteiger partial charge on any atom is 0.128 e. The molecule has 0 amide bonds. The van der Waals surface area contributed by atoms with Gasteiger partial charge in [-0.2, -0.15) is 0 Å². The van der Waals surface area contributed by atoms with E-state index in [1.165, 1.54) is 11.1 Å². The Morgan fingerprint density at radius 3 is 3.00 bits per heavy atom. The summed E-state index contributed by atoms with van der Waals surface area (Å²) in [5.41, 5.74) is 2.32. The van der Waals surface area contributed by atoms with Crippen LogP contribution in [0.2, 0.25) is 0 Å². The van der Waals surface area contributed by atoms with E-state index in [2.05, 4.69) is 31.0 Å². The molecule has 2 rings (SSSR count). The topological polar surface area (TPSA) is 25.0 Å². The van der Waals surface area contributed by atoms with E-state index in [4.69, 9.17) is 4.74 Å². The first kappa shape index (κ1) is 9.13. The van der Waals surface area contributed by atoms with Crippen LogP contribution in [-0.4, -0.2) is 11.6 Å². The van der Waals surface area contributed by atoms with Crippen molar-refractivity contribution >= 4 is 10.9 Å². The van der Waals surface area contributed by atoms with Crippen molar-refractivity contribution in [2.45, 2.75) is 20.3 Å². The molecule has 0 saturated heterocycles. The Bertz CT molecular complexity index is 431. The standard InChI is InChI=1S/C12H15NO/c1-3-7-14-12-6-4-5-11-10(12)8-9(2)13-11/h4-6,8,13H,3,7H2,1-2H3. The molecule has 0 aliphatic rings.